The number of ketones is 1. The molecule has 29 heavy (non-hydrogen) atoms. The Morgan fingerprint density at radius 3 is 3.00 bits per heavy atom. The van der Waals surface area contributed by atoms with Gasteiger partial charge in [-0.15, -0.1) is 0 Å². The molecule has 1 aliphatic heterocycles. The van der Waals surface area contributed by atoms with Crippen LogP contribution < -0.4 is 9.64 Å². The molecule has 0 radical (unpaired) electrons. The molecule has 0 saturated carbocycles. The van der Waals surface area contributed by atoms with E-state index in [9.17, 15) is 14.0 Å². The van der Waals surface area contributed by atoms with E-state index in [4.69, 9.17) is 9.47 Å². The van der Waals surface area contributed by atoms with Crippen LogP contribution in [0.2, 0.25) is 0 Å². The van der Waals surface area contributed by atoms with Crippen LogP contribution in [0.15, 0.2) is 24.4 Å². The Hall–Kier alpha value is -3.56. The summed E-state index contributed by atoms with van der Waals surface area (Å²) in [4.78, 5) is 34.8. The predicted octanol–water partition coefficient (Wildman–Crippen LogP) is 2.20. The zero-order chi connectivity index (χ0) is 20.5. The molecule has 3 heterocycles. The van der Waals surface area contributed by atoms with E-state index >= 15 is 0 Å². The second-order valence-electron chi connectivity index (χ2n) is 6.50. The number of aromatic nitrogens is 4. The summed E-state index contributed by atoms with van der Waals surface area (Å²) in [6.07, 6.45) is 1.65. The van der Waals surface area contributed by atoms with Crippen LogP contribution in [0.5, 0.6) is 5.75 Å². The quantitative estimate of drug-likeness (QED) is 0.650. The highest BCUT2D eigenvalue weighted by molar-refractivity contribution is 6.00. The lowest BCUT2D eigenvalue weighted by atomic mass is 10.0. The molecule has 4 rings (SSSR count). The molecule has 0 aliphatic carbocycles. The fraction of sp³-hybridized carbons (Fsp3) is 0.316. The van der Waals surface area contributed by atoms with Crippen LogP contribution in [0, 0.1) is 5.82 Å². The number of fused-ring (bicyclic) bond motifs is 1. The number of anilines is 1. The van der Waals surface area contributed by atoms with E-state index in [1.165, 1.54) is 31.5 Å². The number of carbonyl (C=O) groups excluding carboxylic acids is 2. The lowest BCUT2D eigenvalue weighted by Gasteiger charge is -2.25. The average Bonchev–Trinajstić information content (AvgIpc) is 3.31. The number of nitrogens with zero attached hydrogens (tertiary/aromatic N) is 4. The number of aromatic amines is 1. The highest BCUT2D eigenvalue weighted by Gasteiger charge is 2.36. The second-order valence-corrected chi connectivity index (χ2v) is 6.50. The van der Waals surface area contributed by atoms with Gasteiger partial charge in [0.1, 0.15) is 22.6 Å². The molecule has 9 nitrogen and oxygen atoms in total. The van der Waals surface area contributed by atoms with Crippen LogP contribution in [0.3, 0.4) is 0 Å². The number of Topliss-reactive ketones (excluding diaryl/α,β-unsaturated/α-hetero) is 1. The Morgan fingerprint density at radius 2 is 2.24 bits per heavy atom. The molecule has 3 aromatic rings. The summed E-state index contributed by atoms with van der Waals surface area (Å²) in [5.74, 6) is -0.387. The third-order valence-electron chi connectivity index (χ3n) is 4.71. The van der Waals surface area contributed by atoms with Gasteiger partial charge in [-0.3, -0.25) is 9.89 Å². The molecule has 1 saturated heterocycles. The largest absolute Gasteiger partial charge is 0.496 e. The van der Waals surface area contributed by atoms with E-state index in [2.05, 4.69) is 20.2 Å². The van der Waals surface area contributed by atoms with Crippen molar-refractivity contribution in [2.75, 3.05) is 25.2 Å². The number of benzene rings is 1. The van der Waals surface area contributed by atoms with Gasteiger partial charge in [-0.2, -0.15) is 5.10 Å². The van der Waals surface area contributed by atoms with E-state index in [0.29, 0.717) is 16.8 Å². The normalized spacial score (nSPS) is 16.4. The number of nitrogens with one attached hydrogen (secondary N) is 1. The smallest absolute Gasteiger partial charge is 0.361 e. The number of esters is 1. The van der Waals surface area contributed by atoms with Crippen LogP contribution in [0.4, 0.5) is 10.3 Å². The van der Waals surface area contributed by atoms with Gasteiger partial charge in [0.05, 0.1) is 32.5 Å². The van der Waals surface area contributed by atoms with Crippen molar-refractivity contribution in [3.8, 4) is 5.75 Å². The van der Waals surface area contributed by atoms with Gasteiger partial charge in [-0.25, -0.2) is 19.2 Å². The number of carbonyl (C=O) groups is 2. The topological polar surface area (TPSA) is 110 Å². The summed E-state index contributed by atoms with van der Waals surface area (Å²) in [5.41, 5.74) is 1.32. The summed E-state index contributed by atoms with van der Waals surface area (Å²) < 4.78 is 24.2. The molecule has 10 heteroatoms. The van der Waals surface area contributed by atoms with Crippen LogP contribution in [-0.2, 0) is 9.53 Å². The van der Waals surface area contributed by atoms with Gasteiger partial charge in [0, 0.05) is 12.0 Å². The molecule has 0 amide bonds. The number of rotatable bonds is 5. The zero-order valence-corrected chi connectivity index (χ0v) is 15.8. The number of methoxy groups -OCH3 is 1. The van der Waals surface area contributed by atoms with Crippen molar-refractivity contribution in [3.63, 3.8) is 0 Å². The first-order valence-electron chi connectivity index (χ1n) is 9.01. The molecule has 0 spiro atoms. The Balaban J connectivity index is 1.77. The molecule has 2 aromatic heterocycles. The van der Waals surface area contributed by atoms with Crippen molar-refractivity contribution in [1.29, 1.82) is 0 Å². The van der Waals surface area contributed by atoms with Crippen LogP contribution in [-0.4, -0.2) is 52.2 Å². The molecule has 1 N–H and O–H groups in total. The molecule has 1 aliphatic rings. The molecular formula is C19H18FN5O4. The van der Waals surface area contributed by atoms with Gasteiger partial charge in [-0.1, -0.05) is 0 Å². The number of halogens is 1. The molecule has 1 fully saturated rings. The van der Waals surface area contributed by atoms with Crippen LogP contribution >= 0.6 is 0 Å². The first kappa shape index (κ1) is 18.8. The first-order chi connectivity index (χ1) is 14.0. The average molecular weight is 399 g/mol. The van der Waals surface area contributed by atoms with Crippen molar-refractivity contribution in [3.05, 3.63) is 41.5 Å². The lowest BCUT2D eigenvalue weighted by Crippen LogP contribution is -2.26. The fourth-order valence-electron chi connectivity index (χ4n) is 3.43. The van der Waals surface area contributed by atoms with E-state index in [1.54, 1.807) is 11.8 Å². The monoisotopic (exact) mass is 399 g/mol. The van der Waals surface area contributed by atoms with Gasteiger partial charge >= 0.3 is 5.97 Å². The summed E-state index contributed by atoms with van der Waals surface area (Å²) in [5, 5.41) is 6.65. The molecule has 1 unspecified atom stereocenters. The summed E-state index contributed by atoms with van der Waals surface area (Å²) in [7, 11) is 1.48. The number of ether oxygens (including phenoxy) is 2. The maximum absolute atomic E-state index is 13.9. The van der Waals surface area contributed by atoms with E-state index < -0.39 is 17.8 Å². The third-order valence-corrected chi connectivity index (χ3v) is 4.71. The highest BCUT2D eigenvalue weighted by atomic mass is 19.1. The number of H-pyrrole nitrogens is 1. The molecule has 1 aromatic carbocycles. The highest BCUT2D eigenvalue weighted by Crippen LogP contribution is 2.38. The Labute approximate surface area is 164 Å². The number of hydrogen-bond donors (Lipinski definition) is 1. The minimum atomic E-state index is -0.607. The van der Waals surface area contributed by atoms with Gasteiger partial charge < -0.3 is 14.4 Å². The van der Waals surface area contributed by atoms with Gasteiger partial charge in [0.2, 0.25) is 5.95 Å². The van der Waals surface area contributed by atoms with Crippen LogP contribution in [0.1, 0.15) is 35.4 Å². The van der Waals surface area contributed by atoms with Crippen molar-refractivity contribution in [2.24, 2.45) is 0 Å². The SMILES string of the molecule is CCOC(=O)c1n[nH]c2cnc(N3CC(=O)CC3c3cc(F)ccc3OC)nc12. The lowest BCUT2D eigenvalue weighted by molar-refractivity contribution is -0.116. The molecule has 0 bridgehead atoms. The van der Waals surface area contributed by atoms with Crippen LogP contribution in [0.25, 0.3) is 11.0 Å². The Morgan fingerprint density at radius 1 is 1.41 bits per heavy atom. The summed E-state index contributed by atoms with van der Waals surface area (Å²) >= 11 is 0. The van der Waals surface area contributed by atoms with Gasteiger partial charge in [0.25, 0.3) is 0 Å². The Kier molecular flexibility index (Phi) is 4.83. The van der Waals surface area contributed by atoms with Crippen molar-refractivity contribution in [2.45, 2.75) is 19.4 Å². The minimum absolute atomic E-state index is 0.0379. The van der Waals surface area contributed by atoms with E-state index in [0.717, 1.165) is 0 Å². The molecule has 1 atom stereocenters. The maximum Gasteiger partial charge on any atom is 0.361 e. The second kappa shape index (κ2) is 7.46. The fourth-order valence-corrected chi connectivity index (χ4v) is 3.43. The van der Waals surface area contributed by atoms with Gasteiger partial charge in [0.15, 0.2) is 11.5 Å². The standard InChI is InChI=1S/C19H18FN5O4/c1-3-29-18(27)17-16-13(23-24-17)8-21-19(22-16)25-9-11(26)7-14(25)12-6-10(20)4-5-15(12)28-2/h4-6,8,14H,3,7,9H2,1-2H3,(H,23,24). The van der Waals surface area contributed by atoms with Crippen molar-refractivity contribution >= 4 is 28.7 Å². The third kappa shape index (κ3) is 3.37. The maximum atomic E-state index is 13.9. The zero-order valence-electron chi connectivity index (χ0n) is 15.8. The summed E-state index contributed by atoms with van der Waals surface area (Å²) in [6, 6.07) is 3.66. The van der Waals surface area contributed by atoms with Gasteiger partial charge in [-0.05, 0) is 25.1 Å². The van der Waals surface area contributed by atoms with Crippen molar-refractivity contribution < 1.29 is 23.5 Å². The summed E-state index contributed by atoms with van der Waals surface area (Å²) in [6.45, 7) is 1.95. The molecule has 150 valence electrons. The first-order valence-corrected chi connectivity index (χ1v) is 9.01. The minimum Gasteiger partial charge on any atom is -0.496 e. The van der Waals surface area contributed by atoms with Crippen molar-refractivity contribution in [1.82, 2.24) is 20.2 Å². The van der Waals surface area contributed by atoms with E-state index in [-0.39, 0.29) is 42.5 Å². The number of hydrogen-bond acceptors (Lipinski definition) is 8. The predicted molar refractivity (Wildman–Crippen MR) is 100 cm³/mol. The Bertz CT molecular complexity index is 1100. The van der Waals surface area contributed by atoms with E-state index in [1.807, 2.05) is 0 Å². The molecular weight excluding hydrogens is 381 g/mol.